The second kappa shape index (κ2) is 4.41. The van der Waals surface area contributed by atoms with Crippen LogP contribution in [0, 0.1) is 12.8 Å². The quantitative estimate of drug-likeness (QED) is 0.895. The number of nitrogen functional groups attached to an aromatic ring is 1. The molecule has 0 amide bonds. The molecule has 2 aromatic rings. The van der Waals surface area contributed by atoms with Gasteiger partial charge < -0.3 is 5.73 Å². The van der Waals surface area contributed by atoms with E-state index in [0.29, 0.717) is 5.82 Å². The van der Waals surface area contributed by atoms with Crippen LogP contribution in [0.15, 0.2) is 30.3 Å². The SMILES string of the molecule is Cc1c(N)nc(CC2CC2)nc1-c1ccccc1. The molecule has 1 saturated carbocycles. The first-order valence-corrected chi connectivity index (χ1v) is 6.42. The molecule has 0 radical (unpaired) electrons. The summed E-state index contributed by atoms with van der Waals surface area (Å²) in [6.07, 6.45) is 3.57. The summed E-state index contributed by atoms with van der Waals surface area (Å²) in [5.41, 5.74) is 9.06. The van der Waals surface area contributed by atoms with Crippen LogP contribution in [0.5, 0.6) is 0 Å². The third-order valence-corrected chi connectivity index (χ3v) is 3.45. The fourth-order valence-corrected chi connectivity index (χ4v) is 2.13. The Hall–Kier alpha value is -1.90. The molecule has 1 aliphatic carbocycles. The minimum Gasteiger partial charge on any atom is -0.383 e. The summed E-state index contributed by atoms with van der Waals surface area (Å²) in [6, 6.07) is 10.2. The van der Waals surface area contributed by atoms with E-state index in [0.717, 1.165) is 35.0 Å². The molecule has 1 fully saturated rings. The summed E-state index contributed by atoms with van der Waals surface area (Å²) in [5, 5.41) is 0. The van der Waals surface area contributed by atoms with Crippen molar-refractivity contribution >= 4 is 5.82 Å². The highest BCUT2D eigenvalue weighted by atomic mass is 15.0. The second-order valence-electron chi connectivity index (χ2n) is 5.01. The molecule has 3 nitrogen and oxygen atoms in total. The van der Waals surface area contributed by atoms with Gasteiger partial charge in [0, 0.05) is 17.5 Å². The molecule has 0 atom stereocenters. The van der Waals surface area contributed by atoms with E-state index in [1.165, 1.54) is 12.8 Å². The van der Waals surface area contributed by atoms with Crippen molar-refractivity contribution in [3.63, 3.8) is 0 Å². The van der Waals surface area contributed by atoms with Crippen LogP contribution < -0.4 is 5.73 Å². The van der Waals surface area contributed by atoms with Crippen LogP contribution in [-0.4, -0.2) is 9.97 Å². The first-order valence-electron chi connectivity index (χ1n) is 6.42. The third kappa shape index (κ3) is 2.21. The van der Waals surface area contributed by atoms with Crippen LogP contribution in [-0.2, 0) is 6.42 Å². The number of hydrogen-bond acceptors (Lipinski definition) is 3. The third-order valence-electron chi connectivity index (χ3n) is 3.45. The average molecular weight is 239 g/mol. The molecule has 1 aromatic carbocycles. The van der Waals surface area contributed by atoms with E-state index in [9.17, 15) is 0 Å². The van der Waals surface area contributed by atoms with Gasteiger partial charge in [-0.2, -0.15) is 0 Å². The number of benzene rings is 1. The molecule has 3 heteroatoms. The monoisotopic (exact) mass is 239 g/mol. The molecule has 0 spiro atoms. The molecule has 1 aromatic heterocycles. The zero-order valence-corrected chi connectivity index (χ0v) is 10.6. The van der Waals surface area contributed by atoms with Crippen molar-refractivity contribution in [1.82, 2.24) is 9.97 Å². The van der Waals surface area contributed by atoms with E-state index >= 15 is 0 Å². The Morgan fingerprint density at radius 2 is 1.89 bits per heavy atom. The van der Waals surface area contributed by atoms with Gasteiger partial charge in [0.05, 0.1) is 5.69 Å². The van der Waals surface area contributed by atoms with Crippen LogP contribution in [0.2, 0.25) is 0 Å². The van der Waals surface area contributed by atoms with Gasteiger partial charge in [-0.1, -0.05) is 30.3 Å². The maximum Gasteiger partial charge on any atom is 0.131 e. The zero-order valence-electron chi connectivity index (χ0n) is 10.6. The maximum atomic E-state index is 6.00. The van der Waals surface area contributed by atoms with Gasteiger partial charge in [-0.25, -0.2) is 9.97 Å². The zero-order chi connectivity index (χ0) is 12.5. The number of nitrogens with zero attached hydrogens (tertiary/aromatic N) is 2. The number of nitrogens with two attached hydrogens (primary N) is 1. The van der Waals surface area contributed by atoms with Crippen molar-refractivity contribution < 1.29 is 0 Å². The summed E-state index contributed by atoms with van der Waals surface area (Å²) in [7, 11) is 0. The fourth-order valence-electron chi connectivity index (χ4n) is 2.13. The van der Waals surface area contributed by atoms with Crippen LogP contribution in [0.4, 0.5) is 5.82 Å². The van der Waals surface area contributed by atoms with E-state index in [1.807, 2.05) is 25.1 Å². The molecule has 0 saturated heterocycles. The Labute approximate surface area is 107 Å². The predicted molar refractivity (Wildman–Crippen MR) is 73.0 cm³/mol. The van der Waals surface area contributed by atoms with Gasteiger partial charge in [0.2, 0.25) is 0 Å². The molecule has 1 heterocycles. The summed E-state index contributed by atoms with van der Waals surface area (Å²) in [5.74, 6) is 2.27. The number of aromatic nitrogens is 2. The Balaban J connectivity index is 2.03. The first kappa shape index (κ1) is 11.2. The van der Waals surface area contributed by atoms with Crippen molar-refractivity contribution in [2.24, 2.45) is 5.92 Å². The smallest absolute Gasteiger partial charge is 0.131 e. The molecular formula is C15H17N3. The van der Waals surface area contributed by atoms with Gasteiger partial charge in [0.15, 0.2) is 0 Å². The van der Waals surface area contributed by atoms with Crippen LogP contribution >= 0.6 is 0 Å². The van der Waals surface area contributed by atoms with Crippen molar-refractivity contribution in [3.8, 4) is 11.3 Å². The minimum absolute atomic E-state index is 0.611. The summed E-state index contributed by atoms with van der Waals surface area (Å²) < 4.78 is 0. The lowest BCUT2D eigenvalue weighted by atomic mass is 10.1. The fraction of sp³-hybridized carbons (Fsp3) is 0.333. The molecule has 2 N–H and O–H groups in total. The van der Waals surface area contributed by atoms with Gasteiger partial charge in [-0.15, -0.1) is 0 Å². The molecule has 18 heavy (non-hydrogen) atoms. The molecule has 0 aliphatic heterocycles. The highest BCUT2D eigenvalue weighted by molar-refractivity contribution is 5.67. The van der Waals surface area contributed by atoms with Gasteiger partial charge >= 0.3 is 0 Å². The topological polar surface area (TPSA) is 51.8 Å². The minimum atomic E-state index is 0.611. The van der Waals surface area contributed by atoms with E-state index in [2.05, 4.69) is 17.1 Å². The standard InChI is InChI=1S/C15H17N3/c1-10-14(12-5-3-2-4-6-12)17-13(18-15(10)16)9-11-7-8-11/h2-6,11H,7-9H2,1H3,(H2,16,17,18). The Morgan fingerprint density at radius 1 is 1.17 bits per heavy atom. The van der Waals surface area contributed by atoms with Gasteiger partial charge in [0.1, 0.15) is 11.6 Å². The summed E-state index contributed by atoms with van der Waals surface area (Å²) in [6.45, 7) is 1.98. The Bertz CT molecular complexity index is 559. The second-order valence-corrected chi connectivity index (χ2v) is 5.01. The van der Waals surface area contributed by atoms with Crippen molar-refractivity contribution in [3.05, 3.63) is 41.7 Å². The van der Waals surface area contributed by atoms with Crippen LogP contribution in [0.1, 0.15) is 24.2 Å². The van der Waals surface area contributed by atoms with Crippen LogP contribution in [0.3, 0.4) is 0 Å². The molecule has 92 valence electrons. The molecule has 1 aliphatic rings. The highest BCUT2D eigenvalue weighted by Crippen LogP contribution is 2.33. The van der Waals surface area contributed by atoms with E-state index in [1.54, 1.807) is 0 Å². The predicted octanol–water partition coefficient (Wildman–Crippen LogP) is 2.99. The molecule has 3 rings (SSSR count). The van der Waals surface area contributed by atoms with Gasteiger partial charge in [-0.3, -0.25) is 0 Å². The summed E-state index contributed by atoms with van der Waals surface area (Å²) >= 11 is 0. The first-order chi connectivity index (χ1) is 8.74. The molecule has 0 bridgehead atoms. The van der Waals surface area contributed by atoms with Crippen molar-refractivity contribution in [2.45, 2.75) is 26.2 Å². The average Bonchev–Trinajstić information content (AvgIpc) is 3.18. The number of anilines is 1. The normalized spacial score (nSPS) is 14.7. The maximum absolute atomic E-state index is 6.00. The lowest BCUT2D eigenvalue weighted by molar-refractivity contribution is 0.771. The number of rotatable bonds is 3. The Morgan fingerprint density at radius 3 is 2.56 bits per heavy atom. The molecule has 0 unspecified atom stereocenters. The largest absolute Gasteiger partial charge is 0.383 e. The van der Waals surface area contributed by atoms with Crippen molar-refractivity contribution in [2.75, 3.05) is 5.73 Å². The lowest BCUT2D eigenvalue weighted by Gasteiger charge is -2.10. The van der Waals surface area contributed by atoms with Gasteiger partial charge in [0.25, 0.3) is 0 Å². The summed E-state index contributed by atoms with van der Waals surface area (Å²) in [4.78, 5) is 9.10. The van der Waals surface area contributed by atoms with E-state index in [-0.39, 0.29) is 0 Å². The van der Waals surface area contributed by atoms with Crippen LogP contribution in [0.25, 0.3) is 11.3 Å². The van der Waals surface area contributed by atoms with E-state index < -0.39 is 0 Å². The number of hydrogen-bond donors (Lipinski definition) is 1. The lowest BCUT2D eigenvalue weighted by Crippen LogP contribution is -2.05. The highest BCUT2D eigenvalue weighted by Gasteiger charge is 2.23. The van der Waals surface area contributed by atoms with E-state index in [4.69, 9.17) is 10.7 Å². The van der Waals surface area contributed by atoms with Crippen molar-refractivity contribution in [1.29, 1.82) is 0 Å². The van der Waals surface area contributed by atoms with Gasteiger partial charge in [-0.05, 0) is 25.7 Å². The molecular weight excluding hydrogens is 222 g/mol. The Kier molecular flexibility index (Phi) is 2.74.